The number of rotatable bonds is 3. The summed E-state index contributed by atoms with van der Waals surface area (Å²) in [5, 5.41) is 0. The van der Waals surface area contributed by atoms with Gasteiger partial charge in [0.2, 0.25) is 0 Å². The summed E-state index contributed by atoms with van der Waals surface area (Å²) >= 11 is 0. The number of carbonyl (C=O) groups excluding carboxylic acids is 1. The number of pyridine rings is 4. The van der Waals surface area contributed by atoms with Crippen LogP contribution in [0.1, 0.15) is 13.8 Å². The van der Waals surface area contributed by atoms with E-state index in [9.17, 15) is 72.4 Å². The molecule has 0 saturated heterocycles. The molecule has 6 aromatic rings. The van der Waals surface area contributed by atoms with Crippen molar-refractivity contribution in [1.29, 1.82) is 0 Å². The first-order valence-corrected chi connectivity index (χ1v) is 19.3. The Bertz CT molecular complexity index is 1730. The number of hydrogen-bond acceptors (Lipinski definition) is 9. The molecule has 0 N–H and O–H groups in total. The number of aromatic nitrogens is 8. The molecule has 0 atom stereocenters. The van der Waals surface area contributed by atoms with Gasteiger partial charge in [0.15, 0.2) is 11.6 Å². The maximum absolute atomic E-state index is 10.7. The van der Waals surface area contributed by atoms with Gasteiger partial charge in [-0.3, -0.25) is 19.9 Å². The van der Waals surface area contributed by atoms with Gasteiger partial charge in [0.05, 0.1) is 22.8 Å². The van der Waals surface area contributed by atoms with Gasteiger partial charge in [-0.25, -0.2) is 19.9 Å². The standard InChI is InChI=1S/2C10H8N2.C8H6N4.C3H6O.CH3.BF4.2F6P.Pd.Ru/c2*1-3-7-11-9(5-1)10-6-2-4-8-12-10;1-3-9-7(10-4-1)8-11-5-2-6-12-8;1-3(2)4;;2-1(3,4)5;2*1-7(2,3,4,5)6;;/h2*1-8H;1-6H;1-2H3;1H3;;;;;/q;;;;4*-1;2*+2. The zero-order valence-corrected chi connectivity index (χ0v) is 36.5. The van der Waals surface area contributed by atoms with Crippen molar-refractivity contribution in [3.8, 4) is 34.4 Å². The van der Waals surface area contributed by atoms with E-state index >= 15 is 0 Å². The minimum absolute atomic E-state index is 0. The number of ketones is 1. The van der Waals surface area contributed by atoms with Gasteiger partial charge in [-0.15, -0.1) is 0 Å². The van der Waals surface area contributed by atoms with Crippen molar-refractivity contribution in [2.75, 3.05) is 0 Å². The van der Waals surface area contributed by atoms with Crippen LogP contribution >= 0.6 is 15.6 Å². The summed E-state index contributed by atoms with van der Waals surface area (Å²) in [6.45, 7) is 3.06. The Hall–Kier alpha value is -4.48. The Balaban J connectivity index is -0.000000325. The van der Waals surface area contributed by atoms with E-state index in [1.807, 2.05) is 72.8 Å². The van der Waals surface area contributed by atoms with Gasteiger partial charge >= 0.3 is 113 Å². The predicted octanol–water partition coefficient (Wildman–Crippen LogP) is 14.3. The van der Waals surface area contributed by atoms with Crippen LogP contribution in [0.15, 0.2) is 135 Å². The molecule has 0 spiro atoms. The van der Waals surface area contributed by atoms with Gasteiger partial charge in [0.1, 0.15) is 5.78 Å². The maximum atomic E-state index is 9.87. The van der Waals surface area contributed by atoms with Crippen molar-refractivity contribution in [2.45, 2.75) is 13.8 Å². The van der Waals surface area contributed by atoms with Crippen molar-refractivity contribution in [2.24, 2.45) is 0 Å². The van der Waals surface area contributed by atoms with Gasteiger partial charge in [-0.05, 0) is 74.5 Å². The van der Waals surface area contributed by atoms with E-state index in [2.05, 4.69) is 39.9 Å². The maximum Gasteiger partial charge on any atom is 2.00 e. The van der Waals surface area contributed by atoms with E-state index in [1.165, 1.54) is 13.8 Å². The van der Waals surface area contributed by atoms with E-state index in [0.717, 1.165) is 22.8 Å². The SMILES string of the molecule is CC(C)=O.F[B-](F)(F)F.F[P-](F)(F)(F)(F)F.F[P-](F)(F)(F)(F)F.[CH3-].[Pd+2].[Ru+2].c1ccc(-c2ccccn2)nc1.c1ccc(-c2ccccn2)nc1.c1cnc(-c2ncccn2)nc1. The van der Waals surface area contributed by atoms with Gasteiger partial charge < -0.3 is 29.5 Å². The monoisotopic (exact) mass is 1130 g/mol. The Morgan fingerprint density at radius 1 is 0.403 bits per heavy atom. The van der Waals surface area contributed by atoms with Crippen LogP contribution in [0.3, 0.4) is 0 Å². The molecule has 0 radical (unpaired) electrons. The summed E-state index contributed by atoms with van der Waals surface area (Å²) in [5.41, 5.74) is 3.66. The van der Waals surface area contributed by atoms with E-state index in [0.29, 0.717) is 11.6 Å². The second-order valence-electron chi connectivity index (χ2n) is 10.3. The molecular weight excluding hydrogens is 1100 g/mol. The molecule has 0 amide bonds. The van der Waals surface area contributed by atoms with E-state index in [-0.39, 0.29) is 53.1 Å². The molecule has 0 aliphatic carbocycles. The first-order chi connectivity index (χ1) is 26.5. The molecule has 0 aliphatic rings. The molecule has 6 heterocycles. The zero-order valence-electron chi connectivity index (χ0n) is 31.4. The van der Waals surface area contributed by atoms with E-state index < -0.39 is 22.9 Å². The molecule has 0 bridgehead atoms. The van der Waals surface area contributed by atoms with Gasteiger partial charge in [0, 0.05) is 49.6 Å². The second-order valence-corrected chi connectivity index (χ2v) is 14.2. The number of nitrogens with zero attached hydrogens (tertiary/aromatic N) is 8. The van der Waals surface area contributed by atoms with Gasteiger partial charge in [-0.2, -0.15) is 0 Å². The summed E-state index contributed by atoms with van der Waals surface area (Å²) in [5.74, 6) is 1.27. The topological polar surface area (TPSA) is 120 Å². The fraction of sp³-hybridized carbons (Fsp3) is 0.0625. The number of Topliss-reactive ketones (excluding diaryl/α,β-unsaturated/α-hetero) is 1. The average molecular weight is 1130 g/mol. The molecule has 62 heavy (non-hydrogen) atoms. The molecule has 9 nitrogen and oxygen atoms in total. The summed E-state index contributed by atoms with van der Waals surface area (Å²) in [6, 6.07) is 26.7. The van der Waals surface area contributed by atoms with E-state index in [4.69, 9.17) is 0 Å². The van der Waals surface area contributed by atoms with Gasteiger partial charge in [-0.1, -0.05) is 24.3 Å². The smallest absolute Gasteiger partial charge is 0.358 e. The molecule has 0 unspecified atom stereocenters. The summed E-state index contributed by atoms with van der Waals surface area (Å²) in [7, 11) is -27.3. The van der Waals surface area contributed by atoms with Crippen LogP contribution < -0.4 is 0 Å². The second kappa shape index (κ2) is 25.6. The number of carbonyl (C=O) groups is 1. The van der Waals surface area contributed by atoms with Crippen molar-refractivity contribution in [3.63, 3.8) is 0 Å². The summed E-state index contributed by atoms with van der Waals surface area (Å²) in [6.07, 6.45) is 13.7. The zero-order chi connectivity index (χ0) is 45.6. The van der Waals surface area contributed by atoms with Crippen molar-refractivity contribution in [3.05, 3.63) is 142 Å². The van der Waals surface area contributed by atoms with Crippen molar-refractivity contribution >= 4 is 28.7 Å². The van der Waals surface area contributed by atoms with Gasteiger partial charge in [0.25, 0.3) is 0 Å². The third kappa shape index (κ3) is 53.5. The molecule has 0 fully saturated rings. The number of hydrogen-bond donors (Lipinski definition) is 0. The van der Waals surface area contributed by atoms with Crippen molar-refractivity contribution < 1.29 is 112 Å². The van der Waals surface area contributed by atoms with E-state index in [1.54, 1.807) is 61.7 Å². The van der Waals surface area contributed by atoms with Crippen molar-refractivity contribution in [1.82, 2.24) is 39.9 Å². The molecule has 30 heteroatoms. The summed E-state index contributed by atoms with van der Waals surface area (Å²) in [4.78, 5) is 42.2. The average Bonchev–Trinajstić information content (AvgIpc) is 3.11. The van der Waals surface area contributed by atoms with Crippen LogP contribution in [0, 0.1) is 7.43 Å². The minimum Gasteiger partial charge on any atom is -0.358 e. The first kappa shape index (κ1) is 64.1. The molecule has 0 aliphatic heterocycles. The largest absolute Gasteiger partial charge is 2.00 e. The Labute approximate surface area is 369 Å². The first-order valence-electron chi connectivity index (χ1n) is 15.2. The number of halogens is 16. The fourth-order valence-electron chi connectivity index (χ4n) is 2.89. The van der Waals surface area contributed by atoms with Crippen LogP contribution in [0.25, 0.3) is 34.4 Å². The van der Waals surface area contributed by atoms with Crippen LogP contribution in [0.2, 0.25) is 0 Å². The third-order valence-electron chi connectivity index (χ3n) is 4.52. The quantitative estimate of drug-likeness (QED) is 0.0738. The molecule has 6 rings (SSSR count). The normalized spacial score (nSPS) is 12.2. The third-order valence-corrected chi connectivity index (χ3v) is 4.52. The molecule has 6 aromatic heterocycles. The predicted molar refractivity (Wildman–Crippen MR) is 198 cm³/mol. The van der Waals surface area contributed by atoms with Crippen LogP contribution in [0.4, 0.5) is 67.6 Å². The molecular formula is C32H31BF16N8OP2PdRu. The molecule has 0 aromatic carbocycles. The summed E-state index contributed by atoms with van der Waals surface area (Å²) < 4.78 is 157. The Kier molecular flexibility index (Phi) is 26.5. The Morgan fingerprint density at radius 3 is 0.677 bits per heavy atom. The Morgan fingerprint density at radius 2 is 0.548 bits per heavy atom. The molecule has 0 saturated carbocycles. The van der Waals surface area contributed by atoms with Crippen LogP contribution in [0.5, 0.6) is 0 Å². The van der Waals surface area contributed by atoms with Crippen LogP contribution in [-0.4, -0.2) is 52.9 Å². The molecule has 348 valence electrons. The fourth-order valence-corrected chi connectivity index (χ4v) is 2.89. The van der Waals surface area contributed by atoms with Crippen LogP contribution in [-0.2, 0) is 44.7 Å². The minimum atomic E-state index is -10.7.